The summed E-state index contributed by atoms with van der Waals surface area (Å²) in [4.78, 5) is 11.5. The van der Waals surface area contributed by atoms with Crippen LogP contribution in [0.25, 0.3) is 0 Å². The number of anilines is 2. The number of esters is 1. The van der Waals surface area contributed by atoms with E-state index in [0.29, 0.717) is 17.3 Å². The summed E-state index contributed by atoms with van der Waals surface area (Å²) in [6.45, 7) is 4.28. The average molecular weight is 250 g/mol. The summed E-state index contributed by atoms with van der Waals surface area (Å²) in [5, 5.41) is 3.38. The smallest absolute Gasteiger partial charge is 0.337 e. The SMILES string of the molecule is CCCC(CC)Nc1cc(C(=O)OC)ccc1N. The van der Waals surface area contributed by atoms with E-state index in [4.69, 9.17) is 10.5 Å². The highest BCUT2D eigenvalue weighted by Gasteiger charge is 2.11. The van der Waals surface area contributed by atoms with E-state index < -0.39 is 0 Å². The van der Waals surface area contributed by atoms with Gasteiger partial charge in [-0.05, 0) is 31.0 Å². The van der Waals surface area contributed by atoms with Crippen molar-refractivity contribution in [2.75, 3.05) is 18.2 Å². The van der Waals surface area contributed by atoms with Crippen LogP contribution < -0.4 is 11.1 Å². The van der Waals surface area contributed by atoms with Gasteiger partial charge < -0.3 is 15.8 Å². The molecule has 0 aliphatic heterocycles. The second-order valence-corrected chi connectivity index (χ2v) is 4.33. The third kappa shape index (κ3) is 3.65. The molecule has 0 bridgehead atoms. The first-order chi connectivity index (χ1) is 8.62. The lowest BCUT2D eigenvalue weighted by atomic mass is 10.1. The third-order valence-electron chi connectivity index (χ3n) is 2.96. The molecule has 0 saturated heterocycles. The molecule has 1 aromatic carbocycles. The summed E-state index contributed by atoms with van der Waals surface area (Å²) in [7, 11) is 1.37. The van der Waals surface area contributed by atoms with Gasteiger partial charge in [0.05, 0.1) is 24.0 Å². The van der Waals surface area contributed by atoms with Gasteiger partial charge in [0, 0.05) is 6.04 Å². The van der Waals surface area contributed by atoms with E-state index >= 15 is 0 Å². The number of rotatable bonds is 6. The normalized spacial score (nSPS) is 11.9. The standard InChI is InChI=1S/C14H22N2O2/c1-4-6-11(5-2)16-13-9-10(14(17)18-3)7-8-12(13)15/h7-9,11,16H,4-6,15H2,1-3H3. The largest absolute Gasteiger partial charge is 0.465 e. The summed E-state index contributed by atoms with van der Waals surface area (Å²) in [6.07, 6.45) is 3.22. The van der Waals surface area contributed by atoms with E-state index in [1.807, 2.05) is 0 Å². The van der Waals surface area contributed by atoms with Crippen LogP contribution >= 0.6 is 0 Å². The number of benzene rings is 1. The minimum absolute atomic E-state index is 0.346. The molecule has 0 saturated carbocycles. The molecule has 0 amide bonds. The maximum absolute atomic E-state index is 11.5. The van der Waals surface area contributed by atoms with Crippen molar-refractivity contribution in [3.05, 3.63) is 23.8 Å². The highest BCUT2D eigenvalue weighted by atomic mass is 16.5. The lowest BCUT2D eigenvalue weighted by Crippen LogP contribution is -2.19. The molecule has 1 aromatic rings. The molecule has 0 spiro atoms. The number of methoxy groups -OCH3 is 1. The van der Waals surface area contributed by atoms with Crippen LogP contribution in [0, 0.1) is 0 Å². The molecule has 18 heavy (non-hydrogen) atoms. The fourth-order valence-corrected chi connectivity index (χ4v) is 1.87. The molecule has 100 valence electrons. The van der Waals surface area contributed by atoms with Crippen molar-refractivity contribution in [1.29, 1.82) is 0 Å². The molecule has 4 nitrogen and oxygen atoms in total. The number of nitrogens with one attached hydrogen (secondary N) is 1. The van der Waals surface area contributed by atoms with Gasteiger partial charge in [-0.3, -0.25) is 0 Å². The number of carbonyl (C=O) groups is 1. The number of hydrogen-bond acceptors (Lipinski definition) is 4. The van der Waals surface area contributed by atoms with Gasteiger partial charge in [0.2, 0.25) is 0 Å². The summed E-state index contributed by atoms with van der Waals surface area (Å²) in [5.74, 6) is -0.346. The van der Waals surface area contributed by atoms with Crippen LogP contribution in [0.15, 0.2) is 18.2 Å². The van der Waals surface area contributed by atoms with Gasteiger partial charge in [0.25, 0.3) is 0 Å². The van der Waals surface area contributed by atoms with Crippen molar-refractivity contribution in [2.24, 2.45) is 0 Å². The second kappa shape index (κ2) is 6.89. The van der Waals surface area contributed by atoms with Crippen molar-refractivity contribution in [3.8, 4) is 0 Å². The molecule has 0 radical (unpaired) electrons. The van der Waals surface area contributed by atoms with Crippen molar-refractivity contribution in [3.63, 3.8) is 0 Å². The predicted molar refractivity (Wildman–Crippen MR) is 74.8 cm³/mol. The Hall–Kier alpha value is -1.71. The first-order valence-electron chi connectivity index (χ1n) is 6.36. The highest BCUT2D eigenvalue weighted by Crippen LogP contribution is 2.23. The zero-order valence-corrected chi connectivity index (χ0v) is 11.3. The minimum atomic E-state index is -0.346. The van der Waals surface area contributed by atoms with Crippen LogP contribution in [-0.2, 0) is 4.74 Å². The first kappa shape index (κ1) is 14.4. The van der Waals surface area contributed by atoms with E-state index in [1.165, 1.54) is 7.11 Å². The zero-order valence-electron chi connectivity index (χ0n) is 11.3. The maximum atomic E-state index is 11.5. The Bertz CT molecular complexity index is 405. The van der Waals surface area contributed by atoms with Gasteiger partial charge in [0.1, 0.15) is 0 Å². The molecule has 0 aliphatic rings. The van der Waals surface area contributed by atoms with E-state index in [1.54, 1.807) is 18.2 Å². The van der Waals surface area contributed by atoms with E-state index in [0.717, 1.165) is 24.9 Å². The summed E-state index contributed by atoms with van der Waals surface area (Å²) in [5.41, 5.74) is 7.88. The fourth-order valence-electron chi connectivity index (χ4n) is 1.87. The van der Waals surface area contributed by atoms with Gasteiger partial charge in [-0.2, -0.15) is 0 Å². The van der Waals surface area contributed by atoms with Crippen molar-refractivity contribution < 1.29 is 9.53 Å². The Morgan fingerprint density at radius 3 is 2.72 bits per heavy atom. The molecular weight excluding hydrogens is 228 g/mol. The van der Waals surface area contributed by atoms with Gasteiger partial charge in [-0.15, -0.1) is 0 Å². The Kier molecular flexibility index (Phi) is 5.49. The van der Waals surface area contributed by atoms with Gasteiger partial charge >= 0.3 is 5.97 Å². The van der Waals surface area contributed by atoms with E-state index in [2.05, 4.69) is 19.2 Å². The Morgan fingerprint density at radius 1 is 1.44 bits per heavy atom. The Balaban J connectivity index is 2.89. The highest BCUT2D eigenvalue weighted by molar-refractivity contribution is 5.91. The van der Waals surface area contributed by atoms with Crippen LogP contribution in [0.4, 0.5) is 11.4 Å². The minimum Gasteiger partial charge on any atom is -0.465 e. The van der Waals surface area contributed by atoms with E-state index in [-0.39, 0.29) is 5.97 Å². The quantitative estimate of drug-likeness (QED) is 0.601. The average Bonchev–Trinajstić information content (AvgIpc) is 2.39. The topological polar surface area (TPSA) is 64.3 Å². The maximum Gasteiger partial charge on any atom is 0.337 e. The number of hydrogen-bond donors (Lipinski definition) is 2. The zero-order chi connectivity index (χ0) is 13.5. The van der Waals surface area contributed by atoms with Gasteiger partial charge in [-0.25, -0.2) is 4.79 Å². The van der Waals surface area contributed by atoms with Crippen LogP contribution in [0.3, 0.4) is 0 Å². The molecule has 0 heterocycles. The van der Waals surface area contributed by atoms with Crippen molar-refractivity contribution >= 4 is 17.3 Å². The van der Waals surface area contributed by atoms with E-state index in [9.17, 15) is 4.79 Å². The monoisotopic (exact) mass is 250 g/mol. The summed E-state index contributed by atoms with van der Waals surface area (Å²) < 4.78 is 4.70. The molecule has 1 rings (SSSR count). The van der Waals surface area contributed by atoms with Crippen molar-refractivity contribution in [1.82, 2.24) is 0 Å². The molecule has 3 N–H and O–H groups in total. The number of ether oxygens (including phenoxy) is 1. The molecule has 1 atom stereocenters. The Labute approximate surface area is 109 Å². The van der Waals surface area contributed by atoms with Crippen LogP contribution in [-0.4, -0.2) is 19.1 Å². The van der Waals surface area contributed by atoms with Crippen LogP contribution in [0.2, 0.25) is 0 Å². The molecular formula is C14H22N2O2. The molecule has 0 fully saturated rings. The predicted octanol–water partition coefficient (Wildman–Crippen LogP) is 3.05. The summed E-state index contributed by atoms with van der Waals surface area (Å²) in [6, 6.07) is 5.53. The number of carbonyl (C=O) groups excluding carboxylic acids is 1. The summed E-state index contributed by atoms with van der Waals surface area (Å²) >= 11 is 0. The van der Waals surface area contributed by atoms with Crippen LogP contribution in [0.1, 0.15) is 43.5 Å². The third-order valence-corrected chi connectivity index (χ3v) is 2.96. The first-order valence-corrected chi connectivity index (χ1v) is 6.36. The molecule has 0 aliphatic carbocycles. The fraction of sp³-hybridized carbons (Fsp3) is 0.500. The molecule has 4 heteroatoms. The second-order valence-electron chi connectivity index (χ2n) is 4.33. The lowest BCUT2D eigenvalue weighted by molar-refractivity contribution is 0.0601. The van der Waals surface area contributed by atoms with Crippen LogP contribution in [0.5, 0.6) is 0 Å². The number of nitrogens with two attached hydrogens (primary N) is 1. The van der Waals surface area contributed by atoms with Gasteiger partial charge in [0.15, 0.2) is 0 Å². The lowest BCUT2D eigenvalue weighted by Gasteiger charge is -2.19. The van der Waals surface area contributed by atoms with Crippen molar-refractivity contribution in [2.45, 2.75) is 39.2 Å². The Morgan fingerprint density at radius 2 is 2.17 bits per heavy atom. The molecule has 0 aromatic heterocycles. The molecule has 1 unspecified atom stereocenters. The number of nitrogen functional groups attached to an aromatic ring is 1. The van der Waals surface area contributed by atoms with Gasteiger partial charge in [-0.1, -0.05) is 20.3 Å².